The average Bonchev–Trinajstić information content (AvgIpc) is 2.96. The maximum absolute atomic E-state index is 11.9. The lowest BCUT2D eigenvalue weighted by atomic mass is 9.94. The minimum atomic E-state index is -3.26. The van der Waals surface area contributed by atoms with Crippen LogP contribution in [0.25, 0.3) is 17.7 Å². The highest BCUT2D eigenvalue weighted by molar-refractivity contribution is 7.90. The molecule has 0 heterocycles. The van der Waals surface area contributed by atoms with Crippen molar-refractivity contribution >= 4 is 33.5 Å². The first-order valence-corrected chi connectivity index (χ1v) is 11.0. The van der Waals surface area contributed by atoms with Gasteiger partial charge in [0.25, 0.3) is 0 Å². The van der Waals surface area contributed by atoms with Crippen LogP contribution in [0.2, 0.25) is 0 Å². The summed E-state index contributed by atoms with van der Waals surface area (Å²) < 4.78 is 28.6. The molecule has 0 saturated carbocycles. The van der Waals surface area contributed by atoms with Crippen LogP contribution in [0.4, 0.5) is 0 Å². The van der Waals surface area contributed by atoms with Crippen LogP contribution in [0.5, 0.6) is 0 Å². The number of ether oxygens (including phenoxy) is 1. The Kier molecular flexibility index (Phi) is 5.57. The van der Waals surface area contributed by atoms with Gasteiger partial charge in [-0.3, -0.25) is 0 Å². The highest BCUT2D eigenvalue weighted by Gasteiger charge is 2.21. The monoisotopic (exact) mass is 396 g/mol. The number of allylic oxidation sites excluding steroid dienone is 2. The summed E-state index contributed by atoms with van der Waals surface area (Å²) >= 11 is 0. The number of sulfone groups is 1. The number of hydrogen-bond acceptors (Lipinski definition) is 4. The van der Waals surface area contributed by atoms with Gasteiger partial charge in [-0.2, -0.15) is 0 Å². The molecule has 2 aromatic carbocycles. The second-order valence-electron chi connectivity index (χ2n) is 7.46. The standard InChI is InChI=1S/C23H24O4S/c1-15(2)10-18-13-19-14-20(28(4,25)26)8-9-21(19)22(18)12-16-6-5-7-17(11-16)23(24)27-3/h5-9,11-15H,10H2,1-4H3/b22-12-. The van der Waals surface area contributed by atoms with E-state index in [1.54, 1.807) is 24.3 Å². The molecule has 0 N–H and O–H groups in total. The van der Waals surface area contributed by atoms with Gasteiger partial charge in [0.1, 0.15) is 0 Å². The second-order valence-corrected chi connectivity index (χ2v) is 9.48. The predicted molar refractivity (Wildman–Crippen MR) is 113 cm³/mol. The summed E-state index contributed by atoms with van der Waals surface area (Å²) in [4.78, 5) is 12.2. The van der Waals surface area contributed by atoms with E-state index in [0.717, 1.165) is 28.7 Å². The molecule has 3 rings (SSSR count). The van der Waals surface area contributed by atoms with E-state index in [4.69, 9.17) is 4.74 Å². The molecule has 0 radical (unpaired) electrons. The number of fused-ring (bicyclic) bond motifs is 1. The van der Waals surface area contributed by atoms with E-state index in [2.05, 4.69) is 19.9 Å². The molecule has 1 aliphatic carbocycles. The smallest absolute Gasteiger partial charge is 0.337 e. The molecule has 0 fully saturated rings. The Bertz CT molecular complexity index is 1090. The van der Waals surface area contributed by atoms with Gasteiger partial charge in [-0.1, -0.05) is 38.1 Å². The number of benzene rings is 2. The van der Waals surface area contributed by atoms with Crippen LogP contribution < -0.4 is 0 Å². The van der Waals surface area contributed by atoms with Crippen LogP contribution in [0.15, 0.2) is 52.9 Å². The van der Waals surface area contributed by atoms with Gasteiger partial charge < -0.3 is 4.74 Å². The summed E-state index contributed by atoms with van der Waals surface area (Å²) in [5.41, 5.74) is 5.54. The van der Waals surface area contributed by atoms with Crippen molar-refractivity contribution in [1.82, 2.24) is 0 Å². The zero-order valence-corrected chi connectivity index (χ0v) is 17.3. The number of esters is 1. The van der Waals surface area contributed by atoms with Crippen LogP contribution in [-0.2, 0) is 14.6 Å². The van der Waals surface area contributed by atoms with E-state index in [1.165, 1.54) is 18.9 Å². The average molecular weight is 397 g/mol. The van der Waals surface area contributed by atoms with Crippen molar-refractivity contribution in [2.45, 2.75) is 25.2 Å². The van der Waals surface area contributed by atoms with Crippen molar-refractivity contribution in [1.29, 1.82) is 0 Å². The summed E-state index contributed by atoms with van der Waals surface area (Å²) in [6.07, 6.45) is 6.22. The van der Waals surface area contributed by atoms with E-state index in [1.807, 2.05) is 24.3 Å². The third-order valence-corrected chi connectivity index (χ3v) is 5.77. The number of carbonyl (C=O) groups is 1. The maximum atomic E-state index is 11.9. The summed E-state index contributed by atoms with van der Waals surface area (Å²) in [5, 5.41) is 0. The number of methoxy groups -OCH3 is 1. The molecule has 0 bridgehead atoms. The summed E-state index contributed by atoms with van der Waals surface area (Å²) in [5.74, 6) is 0.0857. The Morgan fingerprint density at radius 1 is 1.14 bits per heavy atom. The lowest BCUT2D eigenvalue weighted by Gasteiger charge is -2.11. The van der Waals surface area contributed by atoms with E-state index >= 15 is 0 Å². The van der Waals surface area contributed by atoms with Crippen molar-refractivity contribution in [2.75, 3.05) is 13.4 Å². The largest absolute Gasteiger partial charge is 0.465 e. The van der Waals surface area contributed by atoms with Gasteiger partial charge in [0, 0.05) is 6.26 Å². The SMILES string of the molecule is COC(=O)c1cccc(/C=C2/C(CC(C)C)=Cc3cc(S(C)(=O)=O)ccc32)c1. The van der Waals surface area contributed by atoms with Crippen LogP contribution in [0.1, 0.15) is 47.3 Å². The van der Waals surface area contributed by atoms with E-state index < -0.39 is 9.84 Å². The third kappa shape index (κ3) is 4.25. The molecule has 1 aliphatic rings. The Morgan fingerprint density at radius 3 is 2.54 bits per heavy atom. The van der Waals surface area contributed by atoms with Gasteiger partial charge in [0.15, 0.2) is 9.84 Å². The molecule has 0 saturated heterocycles. The number of rotatable bonds is 5. The molecule has 0 unspecified atom stereocenters. The van der Waals surface area contributed by atoms with E-state index in [0.29, 0.717) is 16.4 Å². The Hall–Kier alpha value is -2.66. The van der Waals surface area contributed by atoms with Crippen LogP contribution in [0.3, 0.4) is 0 Å². The van der Waals surface area contributed by atoms with Crippen LogP contribution >= 0.6 is 0 Å². The Morgan fingerprint density at radius 2 is 1.89 bits per heavy atom. The van der Waals surface area contributed by atoms with Crippen molar-refractivity contribution in [3.63, 3.8) is 0 Å². The van der Waals surface area contributed by atoms with E-state index in [-0.39, 0.29) is 5.97 Å². The van der Waals surface area contributed by atoms with Crippen molar-refractivity contribution in [3.8, 4) is 0 Å². The lowest BCUT2D eigenvalue weighted by molar-refractivity contribution is 0.0600. The van der Waals surface area contributed by atoms with Gasteiger partial charge in [-0.25, -0.2) is 13.2 Å². The van der Waals surface area contributed by atoms with Crippen molar-refractivity contribution in [2.24, 2.45) is 5.92 Å². The van der Waals surface area contributed by atoms with Gasteiger partial charge in [-0.05, 0) is 70.5 Å². The highest BCUT2D eigenvalue weighted by Crippen LogP contribution is 2.40. The fourth-order valence-electron chi connectivity index (χ4n) is 3.39. The van der Waals surface area contributed by atoms with Crippen molar-refractivity contribution < 1.29 is 17.9 Å². The molecule has 0 aromatic heterocycles. The first kappa shape index (κ1) is 20.1. The molecule has 0 amide bonds. The first-order chi connectivity index (χ1) is 13.2. The minimum Gasteiger partial charge on any atom is -0.465 e. The molecule has 5 heteroatoms. The highest BCUT2D eigenvalue weighted by atomic mass is 32.2. The first-order valence-electron chi connectivity index (χ1n) is 9.14. The summed E-state index contributed by atoms with van der Waals surface area (Å²) in [7, 11) is -1.89. The number of hydrogen-bond donors (Lipinski definition) is 0. The fourth-order valence-corrected chi connectivity index (χ4v) is 4.05. The van der Waals surface area contributed by atoms with Gasteiger partial charge in [0.2, 0.25) is 0 Å². The molecule has 146 valence electrons. The topological polar surface area (TPSA) is 60.4 Å². The molecular weight excluding hydrogens is 372 g/mol. The number of carbonyl (C=O) groups excluding carboxylic acids is 1. The molecular formula is C23H24O4S. The van der Waals surface area contributed by atoms with Gasteiger partial charge in [0.05, 0.1) is 17.6 Å². The zero-order valence-electron chi connectivity index (χ0n) is 16.5. The Labute approximate surface area is 166 Å². The molecule has 0 spiro atoms. The third-order valence-electron chi connectivity index (χ3n) is 4.66. The van der Waals surface area contributed by atoms with Gasteiger partial charge >= 0.3 is 5.97 Å². The molecule has 2 aromatic rings. The second kappa shape index (κ2) is 7.76. The fraction of sp³-hybridized carbons (Fsp3) is 0.261. The molecule has 0 aliphatic heterocycles. The van der Waals surface area contributed by atoms with Crippen LogP contribution in [0, 0.1) is 5.92 Å². The molecule has 28 heavy (non-hydrogen) atoms. The van der Waals surface area contributed by atoms with Crippen molar-refractivity contribution in [3.05, 3.63) is 70.3 Å². The normalized spacial score (nSPS) is 14.9. The van der Waals surface area contributed by atoms with Crippen LogP contribution in [-0.4, -0.2) is 27.8 Å². The molecule has 0 atom stereocenters. The summed E-state index contributed by atoms with van der Waals surface area (Å²) in [6.45, 7) is 4.31. The minimum absolute atomic E-state index is 0.320. The lowest BCUT2D eigenvalue weighted by Crippen LogP contribution is -2.01. The van der Waals surface area contributed by atoms with E-state index in [9.17, 15) is 13.2 Å². The maximum Gasteiger partial charge on any atom is 0.337 e. The molecule has 4 nitrogen and oxygen atoms in total. The Balaban J connectivity index is 2.10. The predicted octanol–water partition coefficient (Wildman–Crippen LogP) is 4.86. The zero-order chi connectivity index (χ0) is 20.5. The van der Waals surface area contributed by atoms with Gasteiger partial charge in [-0.15, -0.1) is 0 Å². The summed E-state index contributed by atoms with van der Waals surface area (Å²) in [6, 6.07) is 12.5. The quantitative estimate of drug-likeness (QED) is 0.677.